The van der Waals surface area contributed by atoms with Crippen molar-refractivity contribution in [3.63, 3.8) is 0 Å². The summed E-state index contributed by atoms with van der Waals surface area (Å²) in [7, 11) is -3.76. The highest BCUT2D eigenvalue weighted by molar-refractivity contribution is 8.69. The van der Waals surface area contributed by atoms with Crippen LogP contribution in [0.3, 0.4) is 0 Å². The average Bonchev–Trinajstić information content (AvgIpc) is 2.73. The van der Waals surface area contributed by atoms with Gasteiger partial charge in [-0.1, -0.05) is 43.0 Å². The van der Waals surface area contributed by atoms with Gasteiger partial charge in [-0.2, -0.15) is 0 Å². The number of para-hydroxylation sites is 2. The minimum absolute atomic E-state index is 0.168. The second-order valence-corrected chi connectivity index (χ2v) is 13.0. The van der Waals surface area contributed by atoms with E-state index in [4.69, 9.17) is 34.4 Å². The van der Waals surface area contributed by atoms with Gasteiger partial charge in [-0.25, -0.2) is 4.57 Å². The highest BCUT2D eigenvalue weighted by Crippen LogP contribution is 2.61. The summed E-state index contributed by atoms with van der Waals surface area (Å²) in [6.07, 6.45) is 1.39. The summed E-state index contributed by atoms with van der Waals surface area (Å²) in [5.41, 5.74) is -2.95. The van der Waals surface area contributed by atoms with Crippen molar-refractivity contribution in [1.29, 1.82) is 0 Å². The van der Waals surface area contributed by atoms with E-state index in [-0.39, 0.29) is 19.0 Å². The summed E-state index contributed by atoms with van der Waals surface area (Å²) in [6.45, 7) is 7.42. The smallest absolute Gasteiger partial charge is 0.428 e. The number of hydrogen-bond acceptors (Lipinski definition) is 8. The molecule has 0 bridgehead atoms. The lowest BCUT2D eigenvalue weighted by Crippen LogP contribution is -2.00. The molecule has 0 aromatic heterocycles. The van der Waals surface area contributed by atoms with Crippen LogP contribution in [0.15, 0.2) is 84.5 Å². The molecule has 2 aromatic rings. The fraction of sp³-hybridized carbons (Fsp3) is 0.200. The predicted octanol–water partition coefficient (Wildman–Crippen LogP) is 7.33. The van der Waals surface area contributed by atoms with Crippen molar-refractivity contribution >= 4 is 36.7 Å². The number of phosphoric ester groups is 1. The van der Waals surface area contributed by atoms with Gasteiger partial charge in [-0.3, -0.25) is 9.05 Å². The second kappa shape index (κ2) is 12.4. The van der Waals surface area contributed by atoms with Crippen LogP contribution in [-0.2, 0) is 29.9 Å². The molecule has 0 aliphatic carbocycles. The number of benzene rings is 2. The molecule has 0 saturated carbocycles. The highest BCUT2D eigenvalue weighted by atomic mass is 32.9. The highest BCUT2D eigenvalue weighted by Gasteiger charge is 2.29. The second-order valence-electron chi connectivity index (χ2n) is 5.46. The third-order valence-corrected chi connectivity index (χ3v) is 9.02. The summed E-state index contributed by atoms with van der Waals surface area (Å²) < 4.78 is 40.5. The first kappa shape index (κ1) is 24.7. The van der Waals surface area contributed by atoms with Gasteiger partial charge < -0.3 is 13.6 Å². The summed E-state index contributed by atoms with van der Waals surface area (Å²) >= 11 is 6.85. The van der Waals surface area contributed by atoms with Crippen molar-refractivity contribution in [2.24, 2.45) is 0 Å². The Hall–Kier alpha value is -1.53. The molecular weight excluding hydrogens is 462 g/mol. The van der Waals surface area contributed by atoms with Crippen molar-refractivity contribution in [3.8, 4) is 11.5 Å². The summed E-state index contributed by atoms with van der Waals surface area (Å²) in [5, 5.41) is 1.55. The number of allylic oxidation sites excluding steroid dienone is 1. The predicted molar refractivity (Wildman–Crippen MR) is 126 cm³/mol. The van der Waals surface area contributed by atoms with Crippen LogP contribution in [0.25, 0.3) is 0 Å². The van der Waals surface area contributed by atoms with Crippen LogP contribution < -0.4 is 9.05 Å². The van der Waals surface area contributed by atoms with Gasteiger partial charge in [-0.05, 0) is 55.6 Å². The Morgan fingerprint density at radius 1 is 0.967 bits per heavy atom. The molecule has 0 radical (unpaired) electrons. The van der Waals surface area contributed by atoms with Gasteiger partial charge in [0.15, 0.2) is 0 Å². The number of phosphoric acid groups is 1. The van der Waals surface area contributed by atoms with Crippen LogP contribution in [0.2, 0.25) is 0 Å². The van der Waals surface area contributed by atoms with Crippen LogP contribution in [0.1, 0.15) is 13.8 Å². The third kappa shape index (κ3) is 8.31. The first-order valence-electron chi connectivity index (χ1n) is 9.11. The summed E-state index contributed by atoms with van der Waals surface area (Å²) in [4.78, 5) is 0. The molecule has 0 fully saturated rings. The Balaban J connectivity index is 2.25. The van der Waals surface area contributed by atoms with Gasteiger partial charge in [-0.15, -0.1) is 0 Å². The SMILES string of the molecule is C=C/C(=C/SP(=S)(Oc1ccccc1)Oc1ccccc1)OP(=O)(OCC)OCC. The van der Waals surface area contributed by atoms with Crippen molar-refractivity contribution in [3.05, 3.63) is 84.5 Å². The van der Waals surface area contributed by atoms with E-state index in [1.54, 1.807) is 43.5 Å². The van der Waals surface area contributed by atoms with Gasteiger partial charge in [0, 0.05) is 17.2 Å². The first-order valence-corrected chi connectivity index (χ1v) is 14.7. The molecule has 0 aliphatic rings. The molecule has 0 N–H and O–H groups in total. The van der Waals surface area contributed by atoms with Crippen LogP contribution in [0, 0.1) is 0 Å². The average molecular weight is 486 g/mol. The molecule has 2 rings (SSSR count). The molecule has 0 atom stereocenters. The maximum atomic E-state index is 12.6. The zero-order valence-electron chi connectivity index (χ0n) is 16.7. The largest absolute Gasteiger partial charge is 0.530 e. The van der Waals surface area contributed by atoms with E-state index in [0.717, 1.165) is 11.4 Å². The molecule has 2 aromatic carbocycles. The van der Waals surface area contributed by atoms with Crippen molar-refractivity contribution in [2.75, 3.05) is 13.2 Å². The third-order valence-electron chi connectivity index (χ3n) is 3.21. The van der Waals surface area contributed by atoms with E-state index in [0.29, 0.717) is 11.5 Å². The van der Waals surface area contributed by atoms with Gasteiger partial charge in [0.2, 0.25) is 0 Å². The Kier molecular flexibility index (Phi) is 10.2. The van der Waals surface area contributed by atoms with Crippen molar-refractivity contribution in [1.82, 2.24) is 0 Å². The normalized spacial score (nSPS) is 12.3. The molecule has 10 heteroatoms. The van der Waals surface area contributed by atoms with E-state index in [1.807, 2.05) is 36.4 Å². The molecule has 0 amide bonds. The minimum atomic E-state index is -3.76. The van der Waals surface area contributed by atoms with E-state index in [9.17, 15) is 4.57 Å². The molecule has 0 unspecified atom stereocenters. The number of rotatable bonds is 13. The molecule has 0 saturated heterocycles. The Bertz CT molecular complexity index is 866. The van der Waals surface area contributed by atoms with Crippen molar-refractivity contribution in [2.45, 2.75) is 13.8 Å². The maximum absolute atomic E-state index is 12.6. The molecule has 0 heterocycles. The molecule has 0 aliphatic heterocycles. The van der Waals surface area contributed by atoms with Crippen molar-refractivity contribution < 1.29 is 27.2 Å². The molecule has 0 spiro atoms. The molecule has 30 heavy (non-hydrogen) atoms. The Labute approximate surface area is 186 Å². The molecule has 162 valence electrons. The minimum Gasteiger partial charge on any atom is -0.428 e. The Morgan fingerprint density at radius 2 is 1.43 bits per heavy atom. The van der Waals surface area contributed by atoms with E-state index >= 15 is 0 Å². The fourth-order valence-electron chi connectivity index (χ4n) is 2.04. The van der Waals surface area contributed by atoms with Gasteiger partial charge in [0.25, 0.3) is 0 Å². The molecule has 6 nitrogen and oxygen atoms in total. The van der Waals surface area contributed by atoms with E-state index in [2.05, 4.69) is 6.58 Å². The lowest BCUT2D eigenvalue weighted by atomic mass is 10.3. The fourth-order valence-corrected chi connectivity index (χ4v) is 6.95. The first-order chi connectivity index (χ1) is 14.4. The topological polar surface area (TPSA) is 63.2 Å². The summed E-state index contributed by atoms with van der Waals surface area (Å²) in [6, 6.07) is 18.3. The van der Waals surface area contributed by atoms with Gasteiger partial charge in [0.1, 0.15) is 17.3 Å². The standard InChI is InChI=1S/C20H24O6P2S2/c1-4-18(24-27(21,22-5-2)23-6-3)17-30-28(29,25-19-13-9-7-10-14-19)26-20-15-11-8-12-16-20/h4,7-17H,1,5-6H2,2-3H3/b18-17-. The van der Waals surface area contributed by atoms with Crippen LogP contribution in [0.4, 0.5) is 0 Å². The van der Waals surface area contributed by atoms with Crippen LogP contribution in [0.5, 0.6) is 11.5 Å². The monoisotopic (exact) mass is 486 g/mol. The van der Waals surface area contributed by atoms with E-state index < -0.39 is 13.5 Å². The van der Waals surface area contributed by atoms with Gasteiger partial charge in [0.05, 0.1) is 13.2 Å². The van der Waals surface area contributed by atoms with Gasteiger partial charge >= 0.3 is 13.5 Å². The maximum Gasteiger partial charge on any atom is 0.530 e. The lowest BCUT2D eigenvalue weighted by molar-refractivity contribution is 0.148. The van der Waals surface area contributed by atoms with E-state index in [1.165, 1.54) is 6.08 Å². The number of hydrogen-bond donors (Lipinski definition) is 0. The Morgan fingerprint density at radius 3 is 1.83 bits per heavy atom. The zero-order chi connectivity index (χ0) is 21.9. The van der Waals surface area contributed by atoms with Crippen LogP contribution in [-0.4, -0.2) is 13.2 Å². The quantitative estimate of drug-likeness (QED) is 0.166. The zero-order valence-corrected chi connectivity index (χ0v) is 20.1. The molecular formula is C20H24O6P2S2. The van der Waals surface area contributed by atoms with Crippen LogP contribution >= 0.6 is 24.9 Å². The summed E-state index contributed by atoms with van der Waals surface area (Å²) in [5.74, 6) is 1.33. The lowest BCUT2D eigenvalue weighted by Gasteiger charge is -2.22.